The van der Waals surface area contributed by atoms with Gasteiger partial charge in [0, 0.05) is 55.2 Å². The monoisotopic (exact) mass is 435 g/mol. The number of aryl methyl sites for hydroxylation is 2. The summed E-state index contributed by atoms with van der Waals surface area (Å²) in [7, 11) is 0. The maximum atomic E-state index is 12.6. The summed E-state index contributed by atoms with van der Waals surface area (Å²) >= 11 is 2.02. The summed E-state index contributed by atoms with van der Waals surface area (Å²) in [5.41, 5.74) is 5.51. The molecule has 162 valence electrons. The summed E-state index contributed by atoms with van der Waals surface area (Å²) in [5.74, 6) is 3.68. The molecule has 2 heterocycles. The Kier molecular flexibility index (Phi) is 7.10. The SMILES string of the molecule is Cc1ccc(-c2cnc(CCC(=O)Nc3cccc(CN4CCSCC4)c3C)o2)cc1. The number of benzene rings is 2. The number of carbonyl (C=O) groups is 1. The minimum atomic E-state index is -0.0234. The Morgan fingerprint density at radius 3 is 2.68 bits per heavy atom. The number of hydrogen-bond acceptors (Lipinski definition) is 5. The molecule has 1 N–H and O–H groups in total. The predicted molar refractivity (Wildman–Crippen MR) is 127 cm³/mol. The van der Waals surface area contributed by atoms with Gasteiger partial charge in [-0.1, -0.05) is 42.0 Å². The van der Waals surface area contributed by atoms with Crippen molar-refractivity contribution in [2.24, 2.45) is 0 Å². The van der Waals surface area contributed by atoms with Crippen molar-refractivity contribution in [3.05, 3.63) is 71.2 Å². The van der Waals surface area contributed by atoms with Crippen LogP contribution in [-0.4, -0.2) is 40.4 Å². The highest BCUT2D eigenvalue weighted by Gasteiger charge is 2.14. The first-order valence-electron chi connectivity index (χ1n) is 10.8. The van der Waals surface area contributed by atoms with Crippen LogP contribution in [0.4, 0.5) is 5.69 Å². The lowest BCUT2D eigenvalue weighted by molar-refractivity contribution is -0.116. The average Bonchev–Trinajstić information content (AvgIpc) is 3.25. The smallest absolute Gasteiger partial charge is 0.224 e. The highest BCUT2D eigenvalue weighted by atomic mass is 32.2. The van der Waals surface area contributed by atoms with Crippen molar-refractivity contribution in [3.8, 4) is 11.3 Å². The van der Waals surface area contributed by atoms with Gasteiger partial charge < -0.3 is 9.73 Å². The molecule has 6 heteroatoms. The summed E-state index contributed by atoms with van der Waals surface area (Å²) in [6.45, 7) is 7.33. The van der Waals surface area contributed by atoms with E-state index in [4.69, 9.17) is 4.42 Å². The molecule has 0 aliphatic carbocycles. The van der Waals surface area contributed by atoms with Gasteiger partial charge in [-0.05, 0) is 31.0 Å². The van der Waals surface area contributed by atoms with E-state index in [1.165, 1.54) is 22.6 Å². The first kappa shape index (κ1) is 21.7. The second kappa shape index (κ2) is 10.2. The van der Waals surface area contributed by atoms with Gasteiger partial charge in [0.2, 0.25) is 5.91 Å². The molecule has 1 aromatic heterocycles. The average molecular weight is 436 g/mol. The molecular formula is C25H29N3O2S. The molecule has 1 saturated heterocycles. The third-order valence-corrected chi connectivity index (χ3v) is 6.62. The molecule has 3 aromatic rings. The Morgan fingerprint density at radius 2 is 1.90 bits per heavy atom. The van der Waals surface area contributed by atoms with Crippen molar-refractivity contribution in [3.63, 3.8) is 0 Å². The van der Waals surface area contributed by atoms with Crippen LogP contribution >= 0.6 is 11.8 Å². The summed E-state index contributed by atoms with van der Waals surface area (Å²) in [6.07, 6.45) is 2.54. The van der Waals surface area contributed by atoms with Crippen molar-refractivity contribution < 1.29 is 9.21 Å². The Balaban J connectivity index is 1.33. The third-order valence-electron chi connectivity index (χ3n) is 5.67. The number of anilines is 1. The molecule has 1 fully saturated rings. The van der Waals surface area contributed by atoms with Gasteiger partial charge in [-0.25, -0.2) is 4.98 Å². The molecule has 31 heavy (non-hydrogen) atoms. The fourth-order valence-corrected chi connectivity index (χ4v) is 4.68. The minimum absolute atomic E-state index is 0.0234. The van der Waals surface area contributed by atoms with E-state index < -0.39 is 0 Å². The summed E-state index contributed by atoms with van der Waals surface area (Å²) in [6, 6.07) is 14.3. The molecule has 0 saturated carbocycles. The van der Waals surface area contributed by atoms with Crippen molar-refractivity contribution in [1.82, 2.24) is 9.88 Å². The number of aromatic nitrogens is 1. The molecule has 0 bridgehead atoms. The van der Waals surface area contributed by atoms with E-state index in [9.17, 15) is 4.79 Å². The first-order chi connectivity index (χ1) is 15.1. The summed E-state index contributed by atoms with van der Waals surface area (Å²) < 4.78 is 5.84. The molecule has 1 aliphatic rings. The zero-order valence-corrected chi connectivity index (χ0v) is 19.0. The number of amides is 1. The van der Waals surface area contributed by atoms with E-state index >= 15 is 0 Å². The van der Waals surface area contributed by atoms with Crippen LogP contribution in [0.5, 0.6) is 0 Å². The Hall–Kier alpha value is -2.57. The molecule has 5 nitrogen and oxygen atoms in total. The van der Waals surface area contributed by atoms with Gasteiger partial charge in [0.05, 0.1) is 6.20 Å². The molecule has 4 rings (SSSR count). The zero-order valence-electron chi connectivity index (χ0n) is 18.2. The summed E-state index contributed by atoms with van der Waals surface area (Å²) in [4.78, 5) is 19.4. The zero-order chi connectivity index (χ0) is 21.6. The topological polar surface area (TPSA) is 58.4 Å². The fourth-order valence-electron chi connectivity index (χ4n) is 3.70. The number of nitrogens with zero attached hydrogens (tertiary/aromatic N) is 2. The number of rotatable bonds is 7. The van der Waals surface area contributed by atoms with Crippen LogP contribution in [0.3, 0.4) is 0 Å². The van der Waals surface area contributed by atoms with Gasteiger partial charge >= 0.3 is 0 Å². The Morgan fingerprint density at radius 1 is 1.13 bits per heavy atom. The molecule has 1 amide bonds. The fraction of sp³-hybridized carbons (Fsp3) is 0.360. The van der Waals surface area contributed by atoms with Crippen LogP contribution in [-0.2, 0) is 17.8 Å². The molecule has 2 aromatic carbocycles. The number of oxazole rings is 1. The summed E-state index contributed by atoms with van der Waals surface area (Å²) in [5, 5.41) is 3.07. The van der Waals surface area contributed by atoms with Crippen LogP contribution < -0.4 is 5.32 Å². The number of nitrogens with one attached hydrogen (secondary N) is 1. The highest BCUT2D eigenvalue weighted by Crippen LogP contribution is 2.23. The maximum absolute atomic E-state index is 12.6. The molecule has 0 unspecified atom stereocenters. The maximum Gasteiger partial charge on any atom is 0.224 e. The van der Waals surface area contributed by atoms with E-state index in [-0.39, 0.29) is 5.91 Å². The van der Waals surface area contributed by atoms with E-state index in [0.717, 1.165) is 42.2 Å². The molecule has 0 spiro atoms. The lowest BCUT2D eigenvalue weighted by atomic mass is 10.1. The predicted octanol–water partition coefficient (Wildman–Crippen LogP) is 5.08. The van der Waals surface area contributed by atoms with Crippen LogP contribution in [0.25, 0.3) is 11.3 Å². The van der Waals surface area contributed by atoms with Crippen molar-refractivity contribution in [2.75, 3.05) is 29.9 Å². The van der Waals surface area contributed by atoms with Crippen LogP contribution in [0.2, 0.25) is 0 Å². The van der Waals surface area contributed by atoms with E-state index in [0.29, 0.717) is 18.7 Å². The van der Waals surface area contributed by atoms with Gasteiger partial charge in [0.1, 0.15) is 0 Å². The van der Waals surface area contributed by atoms with Gasteiger partial charge in [-0.15, -0.1) is 0 Å². The highest BCUT2D eigenvalue weighted by molar-refractivity contribution is 7.99. The van der Waals surface area contributed by atoms with Crippen molar-refractivity contribution >= 4 is 23.4 Å². The second-order valence-electron chi connectivity index (χ2n) is 8.01. The second-order valence-corrected chi connectivity index (χ2v) is 9.24. The molecule has 1 aliphatic heterocycles. The van der Waals surface area contributed by atoms with Crippen molar-refractivity contribution in [2.45, 2.75) is 33.2 Å². The Labute approximate surface area is 188 Å². The Bertz CT molecular complexity index is 1020. The van der Waals surface area contributed by atoms with Gasteiger partial charge in [0.15, 0.2) is 11.7 Å². The number of carbonyl (C=O) groups excluding carboxylic acids is 1. The van der Waals surface area contributed by atoms with E-state index in [1.54, 1.807) is 6.20 Å². The van der Waals surface area contributed by atoms with Crippen LogP contribution in [0.15, 0.2) is 53.1 Å². The normalized spacial score (nSPS) is 14.5. The van der Waals surface area contributed by atoms with Crippen molar-refractivity contribution in [1.29, 1.82) is 0 Å². The van der Waals surface area contributed by atoms with Gasteiger partial charge in [0.25, 0.3) is 0 Å². The lowest BCUT2D eigenvalue weighted by Crippen LogP contribution is -2.32. The third kappa shape index (κ3) is 5.77. The quantitative estimate of drug-likeness (QED) is 0.561. The number of thioether (sulfide) groups is 1. The minimum Gasteiger partial charge on any atom is -0.441 e. The molecule has 0 radical (unpaired) electrons. The van der Waals surface area contributed by atoms with Gasteiger partial charge in [-0.2, -0.15) is 11.8 Å². The van der Waals surface area contributed by atoms with E-state index in [2.05, 4.69) is 35.1 Å². The van der Waals surface area contributed by atoms with Crippen LogP contribution in [0.1, 0.15) is 29.0 Å². The lowest BCUT2D eigenvalue weighted by Gasteiger charge is -2.27. The first-order valence-corrected chi connectivity index (χ1v) is 11.9. The van der Waals surface area contributed by atoms with Gasteiger partial charge in [-0.3, -0.25) is 9.69 Å². The number of hydrogen-bond donors (Lipinski definition) is 1. The standard InChI is InChI=1S/C25H29N3O2S/c1-18-6-8-20(9-7-18)23-16-26-25(30-23)11-10-24(29)27-22-5-3-4-21(19(22)2)17-28-12-14-31-15-13-28/h3-9,16H,10-15,17H2,1-2H3,(H,27,29). The van der Waals surface area contributed by atoms with E-state index in [1.807, 2.05) is 48.2 Å². The molecule has 0 atom stereocenters. The van der Waals surface area contributed by atoms with Crippen LogP contribution in [0, 0.1) is 13.8 Å². The molecular weight excluding hydrogens is 406 g/mol. The largest absolute Gasteiger partial charge is 0.441 e.